The van der Waals surface area contributed by atoms with Crippen molar-refractivity contribution in [1.82, 2.24) is 4.90 Å². The Hall–Kier alpha value is -2.06. The summed E-state index contributed by atoms with van der Waals surface area (Å²) in [4.78, 5) is 17.7. The molecule has 30 heavy (non-hydrogen) atoms. The molecule has 2 aromatic rings. The van der Waals surface area contributed by atoms with Crippen LogP contribution in [0.1, 0.15) is 56.3 Å². The molecule has 1 aromatic carbocycles. The van der Waals surface area contributed by atoms with Crippen LogP contribution in [0.3, 0.4) is 0 Å². The van der Waals surface area contributed by atoms with Crippen LogP contribution in [0.15, 0.2) is 35.7 Å². The minimum Gasteiger partial charge on any atom is -0.382 e. The Morgan fingerprint density at radius 3 is 2.37 bits per heavy atom. The quantitative estimate of drug-likeness (QED) is 0.460. The fourth-order valence-corrected chi connectivity index (χ4v) is 4.33. The maximum Gasteiger partial charge on any atom is 0.308 e. The summed E-state index contributed by atoms with van der Waals surface area (Å²) in [6.07, 6.45) is 0.790. The Bertz CT molecular complexity index is 923. The number of hydrogen-bond donors (Lipinski definition) is 0. The summed E-state index contributed by atoms with van der Waals surface area (Å²) in [5.74, 6) is 0.107. The second-order valence-corrected chi connectivity index (χ2v) is 9.87. The van der Waals surface area contributed by atoms with Crippen LogP contribution >= 0.6 is 11.3 Å². The van der Waals surface area contributed by atoms with Gasteiger partial charge >= 0.3 is 10.1 Å². The van der Waals surface area contributed by atoms with Crippen LogP contribution < -0.4 is 9.08 Å². The molecule has 0 aliphatic rings. The van der Waals surface area contributed by atoms with Crippen molar-refractivity contribution >= 4 is 33.0 Å². The fraction of sp³-hybridized carbons (Fsp3) is 0.500. The SMILES string of the molecule is CCC(C)N(Cc1ccc(N(CC)CC)cc1OS(=O)(=O)CC)C(=O)c1cccs1. The minimum atomic E-state index is -3.70. The summed E-state index contributed by atoms with van der Waals surface area (Å²) in [7, 11) is -3.70. The van der Waals surface area contributed by atoms with Gasteiger partial charge in [-0.1, -0.05) is 19.1 Å². The maximum absolute atomic E-state index is 13.1. The van der Waals surface area contributed by atoms with Gasteiger partial charge in [0.05, 0.1) is 10.6 Å². The number of anilines is 1. The third-order valence-corrected chi connectivity index (χ3v) is 7.20. The summed E-state index contributed by atoms with van der Waals surface area (Å²) in [5.41, 5.74) is 1.57. The molecular weight excluding hydrogens is 420 g/mol. The average Bonchev–Trinajstić information content (AvgIpc) is 3.28. The third kappa shape index (κ3) is 5.98. The van der Waals surface area contributed by atoms with Crippen molar-refractivity contribution in [2.24, 2.45) is 0 Å². The van der Waals surface area contributed by atoms with E-state index in [0.29, 0.717) is 10.4 Å². The smallest absolute Gasteiger partial charge is 0.308 e. The Labute approximate surface area is 184 Å². The van der Waals surface area contributed by atoms with Crippen molar-refractivity contribution in [3.63, 3.8) is 0 Å². The molecule has 1 heterocycles. The summed E-state index contributed by atoms with van der Waals surface area (Å²) in [5, 5.41) is 1.88. The highest BCUT2D eigenvalue weighted by Crippen LogP contribution is 2.30. The van der Waals surface area contributed by atoms with E-state index in [1.807, 2.05) is 57.3 Å². The van der Waals surface area contributed by atoms with Crippen LogP contribution in [0.25, 0.3) is 0 Å². The summed E-state index contributed by atoms with van der Waals surface area (Å²) in [6, 6.07) is 9.25. The molecule has 1 unspecified atom stereocenters. The highest BCUT2D eigenvalue weighted by molar-refractivity contribution is 7.87. The van der Waals surface area contributed by atoms with Crippen LogP contribution in [0.4, 0.5) is 5.69 Å². The molecule has 1 amide bonds. The molecular formula is C22H32N2O4S2. The summed E-state index contributed by atoms with van der Waals surface area (Å²) < 4.78 is 29.9. The van der Waals surface area contributed by atoms with Gasteiger partial charge in [0.25, 0.3) is 5.91 Å². The topological polar surface area (TPSA) is 66.9 Å². The van der Waals surface area contributed by atoms with Gasteiger partial charge in [0.15, 0.2) is 0 Å². The van der Waals surface area contributed by atoms with Gasteiger partial charge in [-0.3, -0.25) is 4.79 Å². The monoisotopic (exact) mass is 452 g/mol. The standard InChI is InChI=1S/C22H32N2O4S2/c1-6-17(5)24(22(25)21-11-10-14-29-21)16-18-12-13-19(23(7-2)8-3)15-20(18)28-30(26,27)9-4/h10-15,17H,6-9,16H2,1-5H3. The normalized spacial score (nSPS) is 12.4. The molecule has 0 N–H and O–H groups in total. The lowest BCUT2D eigenvalue weighted by Crippen LogP contribution is -2.37. The van der Waals surface area contributed by atoms with Crippen molar-refractivity contribution < 1.29 is 17.4 Å². The van der Waals surface area contributed by atoms with Gasteiger partial charge in [-0.15, -0.1) is 11.3 Å². The van der Waals surface area contributed by atoms with Gasteiger partial charge < -0.3 is 14.0 Å². The van der Waals surface area contributed by atoms with Gasteiger partial charge in [-0.05, 0) is 51.6 Å². The Balaban J connectivity index is 2.46. The van der Waals surface area contributed by atoms with Crippen molar-refractivity contribution in [2.45, 2.75) is 53.6 Å². The molecule has 0 saturated heterocycles. The van der Waals surface area contributed by atoms with E-state index < -0.39 is 10.1 Å². The molecule has 1 atom stereocenters. The average molecular weight is 453 g/mol. The number of thiophene rings is 1. The third-order valence-electron chi connectivity index (χ3n) is 5.21. The zero-order valence-electron chi connectivity index (χ0n) is 18.4. The Kier molecular flexibility index (Phi) is 8.73. The molecule has 1 aromatic heterocycles. The molecule has 0 aliphatic carbocycles. The number of carbonyl (C=O) groups is 1. The predicted octanol–water partition coefficient (Wildman–Crippen LogP) is 4.76. The molecule has 0 bridgehead atoms. The molecule has 0 radical (unpaired) electrons. The van der Waals surface area contributed by atoms with Crippen LogP contribution in [-0.2, 0) is 16.7 Å². The van der Waals surface area contributed by atoms with Gasteiger partial charge in [-0.2, -0.15) is 8.42 Å². The number of benzene rings is 1. The van der Waals surface area contributed by atoms with Crippen LogP contribution in [0.2, 0.25) is 0 Å². The van der Waals surface area contributed by atoms with Crippen LogP contribution in [-0.4, -0.2) is 44.1 Å². The van der Waals surface area contributed by atoms with Crippen LogP contribution in [0.5, 0.6) is 5.75 Å². The molecule has 0 aliphatic heterocycles. The highest BCUT2D eigenvalue weighted by atomic mass is 32.2. The molecule has 0 fully saturated rings. The minimum absolute atomic E-state index is 0.00214. The second-order valence-electron chi connectivity index (χ2n) is 7.06. The molecule has 0 spiro atoms. The lowest BCUT2D eigenvalue weighted by atomic mass is 10.1. The zero-order chi connectivity index (χ0) is 22.3. The molecule has 166 valence electrons. The van der Waals surface area contributed by atoms with E-state index in [4.69, 9.17) is 4.18 Å². The van der Waals surface area contributed by atoms with E-state index in [0.717, 1.165) is 25.2 Å². The number of carbonyl (C=O) groups excluding carboxylic acids is 1. The summed E-state index contributed by atoms with van der Waals surface area (Å²) in [6.45, 7) is 11.5. The van der Waals surface area contributed by atoms with E-state index in [2.05, 4.69) is 4.90 Å². The van der Waals surface area contributed by atoms with E-state index in [1.54, 1.807) is 17.9 Å². The largest absolute Gasteiger partial charge is 0.382 e. The lowest BCUT2D eigenvalue weighted by Gasteiger charge is -2.29. The van der Waals surface area contributed by atoms with Crippen molar-refractivity contribution in [3.05, 3.63) is 46.2 Å². The Morgan fingerprint density at radius 1 is 1.13 bits per heavy atom. The predicted molar refractivity (Wildman–Crippen MR) is 124 cm³/mol. The first kappa shape index (κ1) is 24.2. The molecule has 0 saturated carbocycles. The van der Waals surface area contributed by atoms with Gasteiger partial charge in [0, 0.05) is 43.0 Å². The number of rotatable bonds is 11. The highest BCUT2D eigenvalue weighted by Gasteiger charge is 2.24. The van der Waals surface area contributed by atoms with E-state index in [9.17, 15) is 13.2 Å². The fourth-order valence-electron chi connectivity index (χ4n) is 3.11. The maximum atomic E-state index is 13.1. The first-order valence-electron chi connectivity index (χ1n) is 10.4. The number of nitrogens with zero attached hydrogens (tertiary/aromatic N) is 2. The van der Waals surface area contributed by atoms with Crippen molar-refractivity contribution in [2.75, 3.05) is 23.7 Å². The summed E-state index contributed by atoms with van der Waals surface area (Å²) >= 11 is 1.40. The van der Waals surface area contributed by atoms with Gasteiger partial charge in [0.1, 0.15) is 5.75 Å². The lowest BCUT2D eigenvalue weighted by molar-refractivity contribution is 0.0676. The Morgan fingerprint density at radius 2 is 1.83 bits per heavy atom. The van der Waals surface area contributed by atoms with Crippen molar-refractivity contribution in [1.29, 1.82) is 0 Å². The first-order chi connectivity index (χ1) is 14.3. The number of amides is 1. The molecule has 6 nitrogen and oxygen atoms in total. The van der Waals surface area contributed by atoms with E-state index in [1.165, 1.54) is 11.3 Å². The van der Waals surface area contributed by atoms with Crippen molar-refractivity contribution in [3.8, 4) is 5.75 Å². The zero-order valence-corrected chi connectivity index (χ0v) is 20.1. The number of hydrogen-bond acceptors (Lipinski definition) is 6. The second kappa shape index (κ2) is 10.8. The molecule has 2 rings (SSSR count). The van der Waals surface area contributed by atoms with Gasteiger partial charge in [-0.25, -0.2) is 0 Å². The first-order valence-corrected chi connectivity index (χ1v) is 12.9. The van der Waals surface area contributed by atoms with Crippen LogP contribution in [0, 0.1) is 0 Å². The van der Waals surface area contributed by atoms with E-state index in [-0.39, 0.29) is 30.0 Å². The molecule has 8 heteroatoms. The van der Waals surface area contributed by atoms with Gasteiger partial charge in [0.2, 0.25) is 0 Å². The van der Waals surface area contributed by atoms with E-state index >= 15 is 0 Å².